The van der Waals surface area contributed by atoms with Gasteiger partial charge in [-0.05, 0) is 11.1 Å². The van der Waals surface area contributed by atoms with Gasteiger partial charge in [-0.25, -0.2) is 0 Å². The van der Waals surface area contributed by atoms with E-state index in [1.54, 1.807) is 14.2 Å². The van der Waals surface area contributed by atoms with Gasteiger partial charge in [-0.15, -0.1) is 0 Å². The van der Waals surface area contributed by atoms with Gasteiger partial charge in [0.2, 0.25) is 0 Å². The van der Waals surface area contributed by atoms with Gasteiger partial charge in [0.15, 0.2) is 6.29 Å². The molecule has 0 aliphatic rings. The molecule has 0 aliphatic carbocycles. The predicted molar refractivity (Wildman–Crippen MR) is 61.9 cm³/mol. The van der Waals surface area contributed by atoms with Crippen molar-refractivity contribution in [3.05, 3.63) is 35.4 Å². The van der Waals surface area contributed by atoms with Crippen LogP contribution in [0.3, 0.4) is 0 Å². The maximum atomic E-state index is 8.99. The fourth-order valence-corrected chi connectivity index (χ4v) is 1.44. The van der Waals surface area contributed by atoms with Gasteiger partial charge in [0.25, 0.3) is 0 Å². The summed E-state index contributed by atoms with van der Waals surface area (Å²) in [5.41, 5.74) is 2.06. The summed E-state index contributed by atoms with van der Waals surface area (Å²) in [6, 6.07) is 7.83. The van der Waals surface area contributed by atoms with E-state index in [0.717, 1.165) is 17.7 Å². The van der Waals surface area contributed by atoms with E-state index in [1.807, 2.05) is 24.3 Å². The van der Waals surface area contributed by atoms with E-state index in [4.69, 9.17) is 14.6 Å². The number of aliphatic hydroxyl groups excluding tert-OH is 1. The molecule has 0 unspecified atom stereocenters. The van der Waals surface area contributed by atoms with Crippen LogP contribution in [0.4, 0.5) is 0 Å². The van der Waals surface area contributed by atoms with Crippen LogP contribution in [-0.4, -0.2) is 32.2 Å². The third kappa shape index (κ3) is 4.28. The lowest BCUT2D eigenvalue weighted by Crippen LogP contribution is -2.29. The van der Waals surface area contributed by atoms with Gasteiger partial charge in [0.05, 0.1) is 6.61 Å². The quantitative estimate of drug-likeness (QED) is 0.677. The minimum atomic E-state index is -0.221. The van der Waals surface area contributed by atoms with Crippen LogP contribution < -0.4 is 5.32 Å². The molecule has 0 bridgehead atoms. The molecule has 0 saturated carbocycles. The number of hydrogen-bond donors (Lipinski definition) is 2. The van der Waals surface area contributed by atoms with E-state index in [9.17, 15) is 0 Å². The third-order valence-corrected chi connectivity index (χ3v) is 2.34. The fourth-order valence-electron chi connectivity index (χ4n) is 1.44. The Labute approximate surface area is 96.2 Å². The Hall–Kier alpha value is -0.940. The first kappa shape index (κ1) is 13.1. The topological polar surface area (TPSA) is 50.7 Å². The Morgan fingerprint density at radius 3 is 2.56 bits per heavy atom. The fraction of sp³-hybridized carbons (Fsp3) is 0.500. The lowest BCUT2D eigenvalue weighted by molar-refractivity contribution is -0.0989. The number of ether oxygens (including phenoxy) is 2. The Bertz CT molecular complexity index is 300. The van der Waals surface area contributed by atoms with Gasteiger partial charge in [0.1, 0.15) is 0 Å². The Balaban J connectivity index is 2.36. The first-order valence-corrected chi connectivity index (χ1v) is 5.25. The summed E-state index contributed by atoms with van der Waals surface area (Å²) in [6.45, 7) is 1.44. The average molecular weight is 225 g/mol. The molecule has 1 rings (SSSR count). The maximum absolute atomic E-state index is 8.99. The van der Waals surface area contributed by atoms with E-state index >= 15 is 0 Å². The second-order valence-electron chi connectivity index (χ2n) is 3.51. The molecule has 0 amide bonds. The van der Waals surface area contributed by atoms with Crippen molar-refractivity contribution in [3.8, 4) is 0 Å². The Morgan fingerprint density at radius 2 is 1.94 bits per heavy atom. The van der Waals surface area contributed by atoms with Gasteiger partial charge < -0.3 is 19.9 Å². The molecule has 0 heterocycles. The van der Waals surface area contributed by atoms with Crippen LogP contribution in [0.25, 0.3) is 0 Å². The normalized spacial score (nSPS) is 11.0. The van der Waals surface area contributed by atoms with Crippen molar-refractivity contribution in [2.24, 2.45) is 0 Å². The van der Waals surface area contributed by atoms with Gasteiger partial charge in [-0.3, -0.25) is 0 Å². The monoisotopic (exact) mass is 225 g/mol. The molecule has 1 aromatic rings. The lowest BCUT2D eigenvalue weighted by atomic mass is 10.1. The minimum absolute atomic E-state index is 0.0760. The van der Waals surface area contributed by atoms with Gasteiger partial charge in [-0.1, -0.05) is 24.3 Å². The SMILES string of the molecule is COC(CNCc1cccc(CO)c1)OC. The molecule has 4 nitrogen and oxygen atoms in total. The highest BCUT2D eigenvalue weighted by atomic mass is 16.7. The molecule has 4 heteroatoms. The van der Waals surface area contributed by atoms with Crippen molar-refractivity contribution in [2.45, 2.75) is 19.4 Å². The van der Waals surface area contributed by atoms with Crippen molar-refractivity contribution in [1.82, 2.24) is 5.32 Å². The molecule has 1 aromatic carbocycles. The highest BCUT2D eigenvalue weighted by Gasteiger charge is 2.03. The number of nitrogens with one attached hydrogen (secondary N) is 1. The summed E-state index contributed by atoms with van der Waals surface area (Å²) < 4.78 is 10.1. The second kappa shape index (κ2) is 7.35. The summed E-state index contributed by atoms with van der Waals surface area (Å²) in [7, 11) is 3.23. The number of rotatable bonds is 7. The van der Waals surface area contributed by atoms with Crippen molar-refractivity contribution < 1.29 is 14.6 Å². The molecular formula is C12H19NO3. The van der Waals surface area contributed by atoms with Crippen LogP contribution in [0.2, 0.25) is 0 Å². The zero-order valence-corrected chi connectivity index (χ0v) is 9.77. The number of methoxy groups -OCH3 is 2. The van der Waals surface area contributed by atoms with E-state index in [2.05, 4.69) is 5.32 Å². The van der Waals surface area contributed by atoms with E-state index in [-0.39, 0.29) is 12.9 Å². The zero-order chi connectivity index (χ0) is 11.8. The molecule has 0 radical (unpaired) electrons. The van der Waals surface area contributed by atoms with Crippen molar-refractivity contribution in [2.75, 3.05) is 20.8 Å². The summed E-state index contributed by atoms with van der Waals surface area (Å²) in [6.07, 6.45) is -0.221. The second-order valence-corrected chi connectivity index (χ2v) is 3.51. The molecule has 2 N–H and O–H groups in total. The Morgan fingerprint density at radius 1 is 1.25 bits per heavy atom. The largest absolute Gasteiger partial charge is 0.392 e. The smallest absolute Gasteiger partial charge is 0.169 e. The molecule has 16 heavy (non-hydrogen) atoms. The lowest BCUT2D eigenvalue weighted by Gasteiger charge is -2.14. The van der Waals surface area contributed by atoms with Crippen LogP contribution >= 0.6 is 0 Å². The number of benzene rings is 1. The summed E-state index contributed by atoms with van der Waals surface area (Å²) >= 11 is 0. The van der Waals surface area contributed by atoms with Crippen molar-refractivity contribution in [1.29, 1.82) is 0 Å². The van der Waals surface area contributed by atoms with E-state index in [0.29, 0.717) is 6.54 Å². The maximum Gasteiger partial charge on any atom is 0.169 e. The summed E-state index contributed by atoms with van der Waals surface area (Å²) in [5, 5.41) is 12.2. The molecular weight excluding hydrogens is 206 g/mol. The number of hydrogen-bond acceptors (Lipinski definition) is 4. The van der Waals surface area contributed by atoms with Crippen LogP contribution in [-0.2, 0) is 22.6 Å². The molecule has 90 valence electrons. The van der Waals surface area contributed by atoms with Crippen LogP contribution in [0.5, 0.6) is 0 Å². The van der Waals surface area contributed by atoms with Crippen LogP contribution in [0, 0.1) is 0 Å². The molecule has 0 aromatic heterocycles. The highest BCUT2D eigenvalue weighted by molar-refractivity contribution is 5.22. The van der Waals surface area contributed by atoms with Gasteiger partial charge >= 0.3 is 0 Å². The summed E-state index contributed by atoms with van der Waals surface area (Å²) in [5.74, 6) is 0. The third-order valence-electron chi connectivity index (χ3n) is 2.34. The highest BCUT2D eigenvalue weighted by Crippen LogP contribution is 2.04. The molecule has 0 spiro atoms. The first-order chi connectivity index (χ1) is 7.80. The van der Waals surface area contributed by atoms with Crippen molar-refractivity contribution in [3.63, 3.8) is 0 Å². The van der Waals surface area contributed by atoms with E-state index < -0.39 is 0 Å². The molecule has 0 fully saturated rings. The molecule has 0 atom stereocenters. The molecule has 0 aliphatic heterocycles. The average Bonchev–Trinajstić information content (AvgIpc) is 2.35. The van der Waals surface area contributed by atoms with Gasteiger partial charge in [0, 0.05) is 27.3 Å². The molecule has 0 saturated heterocycles. The Kier molecular flexibility index (Phi) is 6.03. The predicted octanol–water partition coefficient (Wildman–Crippen LogP) is 0.887. The number of aliphatic hydroxyl groups is 1. The van der Waals surface area contributed by atoms with Crippen molar-refractivity contribution >= 4 is 0 Å². The van der Waals surface area contributed by atoms with Crippen LogP contribution in [0.15, 0.2) is 24.3 Å². The first-order valence-electron chi connectivity index (χ1n) is 5.25. The minimum Gasteiger partial charge on any atom is -0.392 e. The standard InChI is InChI=1S/C12H19NO3/c1-15-12(16-2)8-13-7-10-4-3-5-11(6-10)9-14/h3-6,12-14H,7-9H2,1-2H3. The van der Waals surface area contributed by atoms with E-state index in [1.165, 1.54) is 0 Å². The van der Waals surface area contributed by atoms with Gasteiger partial charge in [-0.2, -0.15) is 0 Å². The van der Waals surface area contributed by atoms with Crippen LogP contribution in [0.1, 0.15) is 11.1 Å². The summed E-state index contributed by atoms with van der Waals surface area (Å²) in [4.78, 5) is 0. The zero-order valence-electron chi connectivity index (χ0n) is 9.77.